The van der Waals surface area contributed by atoms with Crippen molar-refractivity contribution < 1.29 is 13.9 Å². The van der Waals surface area contributed by atoms with Gasteiger partial charge in [-0.25, -0.2) is 4.39 Å². The van der Waals surface area contributed by atoms with E-state index in [4.69, 9.17) is 14.7 Å². The van der Waals surface area contributed by atoms with E-state index in [2.05, 4.69) is 0 Å². The predicted molar refractivity (Wildman–Crippen MR) is 48.5 cm³/mol. The number of methoxy groups -OCH3 is 1. The van der Waals surface area contributed by atoms with Crippen molar-refractivity contribution in [2.75, 3.05) is 20.3 Å². The standard InChI is InChI=1S/C10H10FNO2/c1-13-4-5-14-10-6-8(7-12)2-3-9(10)11/h2-3,6H,4-5H2,1H3. The Kier molecular flexibility index (Phi) is 3.89. The number of nitriles is 1. The van der Waals surface area contributed by atoms with Gasteiger partial charge in [-0.15, -0.1) is 0 Å². The molecule has 0 bridgehead atoms. The van der Waals surface area contributed by atoms with Gasteiger partial charge in [0.05, 0.1) is 18.2 Å². The van der Waals surface area contributed by atoms with Gasteiger partial charge in [-0.2, -0.15) is 5.26 Å². The van der Waals surface area contributed by atoms with Crippen LogP contribution in [0.2, 0.25) is 0 Å². The quantitative estimate of drug-likeness (QED) is 0.687. The van der Waals surface area contributed by atoms with Gasteiger partial charge < -0.3 is 9.47 Å². The number of halogens is 1. The van der Waals surface area contributed by atoms with Gasteiger partial charge in [0.2, 0.25) is 0 Å². The maximum absolute atomic E-state index is 13.1. The largest absolute Gasteiger partial charge is 0.488 e. The summed E-state index contributed by atoms with van der Waals surface area (Å²) in [5.74, 6) is -0.388. The lowest BCUT2D eigenvalue weighted by Crippen LogP contribution is -2.05. The smallest absolute Gasteiger partial charge is 0.165 e. The Morgan fingerprint density at radius 3 is 2.86 bits per heavy atom. The van der Waals surface area contributed by atoms with Crippen molar-refractivity contribution in [2.45, 2.75) is 0 Å². The molecule has 1 rings (SSSR count). The van der Waals surface area contributed by atoms with E-state index in [1.165, 1.54) is 25.3 Å². The number of hydrogen-bond acceptors (Lipinski definition) is 3. The van der Waals surface area contributed by atoms with E-state index in [1.54, 1.807) is 0 Å². The normalized spacial score (nSPS) is 9.50. The Bertz CT molecular complexity index is 346. The van der Waals surface area contributed by atoms with Crippen LogP contribution in [0.25, 0.3) is 0 Å². The molecule has 0 aliphatic rings. The topological polar surface area (TPSA) is 42.2 Å². The van der Waals surface area contributed by atoms with Crippen molar-refractivity contribution in [3.63, 3.8) is 0 Å². The third kappa shape index (κ3) is 2.71. The second-order valence-electron chi connectivity index (χ2n) is 2.60. The Hall–Kier alpha value is -1.60. The van der Waals surface area contributed by atoms with Gasteiger partial charge in [-0.1, -0.05) is 0 Å². The summed E-state index contributed by atoms with van der Waals surface area (Å²) >= 11 is 0. The van der Waals surface area contributed by atoms with Crippen molar-refractivity contribution >= 4 is 0 Å². The zero-order valence-corrected chi connectivity index (χ0v) is 7.79. The Balaban J connectivity index is 2.70. The molecular weight excluding hydrogens is 185 g/mol. The molecule has 3 nitrogen and oxygen atoms in total. The molecule has 0 fully saturated rings. The second-order valence-corrected chi connectivity index (χ2v) is 2.60. The highest BCUT2D eigenvalue weighted by Crippen LogP contribution is 2.18. The molecule has 0 saturated heterocycles. The Labute approximate surface area is 81.7 Å². The molecule has 0 spiro atoms. The summed E-state index contributed by atoms with van der Waals surface area (Å²) in [6.07, 6.45) is 0. The molecule has 0 saturated carbocycles. The third-order valence-corrected chi connectivity index (χ3v) is 1.61. The molecule has 14 heavy (non-hydrogen) atoms. The fourth-order valence-electron chi connectivity index (χ4n) is 0.918. The lowest BCUT2D eigenvalue weighted by Gasteiger charge is -2.06. The van der Waals surface area contributed by atoms with E-state index in [0.29, 0.717) is 12.2 Å². The second kappa shape index (κ2) is 5.20. The van der Waals surface area contributed by atoms with Crippen LogP contribution in [0.3, 0.4) is 0 Å². The monoisotopic (exact) mass is 195 g/mol. The summed E-state index contributed by atoms with van der Waals surface area (Å²) in [7, 11) is 1.53. The zero-order valence-electron chi connectivity index (χ0n) is 7.79. The highest BCUT2D eigenvalue weighted by Gasteiger charge is 2.03. The molecule has 74 valence electrons. The van der Waals surface area contributed by atoms with Crippen LogP contribution in [-0.2, 0) is 4.74 Å². The fraction of sp³-hybridized carbons (Fsp3) is 0.300. The van der Waals surface area contributed by atoms with Gasteiger partial charge >= 0.3 is 0 Å². The first-order valence-electron chi connectivity index (χ1n) is 4.09. The van der Waals surface area contributed by atoms with Crippen LogP contribution >= 0.6 is 0 Å². The maximum Gasteiger partial charge on any atom is 0.165 e. The lowest BCUT2D eigenvalue weighted by atomic mass is 10.2. The van der Waals surface area contributed by atoms with Crippen LogP contribution < -0.4 is 4.74 Å². The highest BCUT2D eigenvalue weighted by molar-refractivity contribution is 5.37. The molecule has 0 heterocycles. The number of ether oxygens (including phenoxy) is 2. The van der Waals surface area contributed by atoms with Crippen LogP contribution in [0.15, 0.2) is 18.2 Å². The predicted octanol–water partition coefficient (Wildman–Crippen LogP) is 1.72. The third-order valence-electron chi connectivity index (χ3n) is 1.61. The molecule has 1 aromatic carbocycles. The van der Waals surface area contributed by atoms with E-state index in [-0.39, 0.29) is 12.4 Å². The maximum atomic E-state index is 13.1. The average molecular weight is 195 g/mol. The van der Waals surface area contributed by atoms with Gasteiger partial charge in [0.25, 0.3) is 0 Å². The molecule has 0 N–H and O–H groups in total. The fourth-order valence-corrected chi connectivity index (χ4v) is 0.918. The summed E-state index contributed by atoms with van der Waals surface area (Å²) in [5, 5.41) is 8.57. The molecule has 0 aromatic heterocycles. The van der Waals surface area contributed by atoms with E-state index in [9.17, 15) is 4.39 Å². The van der Waals surface area contributed by atoms with E-state index in [1.807, 2.05) is 6.07 Å². The van der Waals surface area contributed by atoms with E-state index < -0.39 is 5.82 Å². The van der Waals surface area contributed by atoms with Gasteiger partial charge in [0.15, 0.2) is 11.6 Å². The Morgan fingerprint density at radius 2 is 2.21 bits per heavy atom. The molecule has 1 aromatic rings. The summed E-state index contributed by atoms with van der Waals surface area (Å²) < 4.78 is 22.9. The Morgan fingerprint density at radius 1 is 1.43 bits per heavy atom. The lowest BCUT2D eigenvalue weighted by molar-refractivity contribution is 0.144. The number of rotatable bonds is 4. The van der Waals surface area contributed by atoms with Crippen molar-refractivity contribution in [3.05, 3.63) is 29.6 Å². The van der Waals surface area contributed by atoms with E-state index in [0.717, 1.165) is 0 Å². The van der Waals surface area contributed by atoms with Crippen LogP contribution in [0.1, 0.15) is 5.56 Å². The van der Waals surface area contributed by atoms with Gasteiger partial charge in [0.1, 0.15) is 6.61 Å². The molecule has 0 atom stereocenters. The van der Waals surface area contributed by atoms with E-state index >= 15 is 0 Å². The first kappa shape index (κ1) is 10.5. The zero-order chi connectivity index (χ0) is 10.4. The van der Waals surface area contributed by atoms with Crippen LogP contribution in [0.5, 0.6) is 5.75 Å². The molecule has 0 amide bonds. The minimum Gasteiger partial charge on any atom is -0.488 e. The number of hydrogen-bond donors (Lipinski definition) is 0. The van der Waals surface area contributed by atoms with Gasteiger partial charge in [-0.3, -0.25) is 0 Å². The first-order valence-corrected chi connectivity index (χ1v) is 4.09. The summed E-state index contributed by atoms with van der Waals surface area (Å²) in [4.78, 5) is 0. The SMILES string of the molecule is COCCOc1cc(C#N)ccc1F. The minimum absolute atomic E-state index is 0.0844. The minimum atomic E-state index is -0.472. The average Bonchev–Trinajstić information content (AvgIpc) is 2.21. The molecule has 0 aliphatic heterocycles. The van der Waals surface area contributed by atoms with Gasteiger partial charge in [-0.05, 0) is 12.1 Å². The van der Waals surface area contributed by atoms with Crippen LogP contribution in [0.4, 0.5) is 4.39 Å². The first-order chi connectivity index (χ1) is 6.77. The summed E-state index contributed by atoms with van der Waals surface area (Å²) in [5.41, 5.74) is 0.374. The van der Waals surface area contributed by atoms with Crippen molar-refractivity contribution in [1.29, 1.82) is 5.26 Å². The van der Waals surface area contributed by atoms with Crippen molar-refractivity contribution in [2.24, 2.45) is 0 Å². The number of nitrogens with zero attached hydrogens (tertiary/aromatic N) is 1. The van der Waals surface area contributed by atoms with Crippen LogP contribution in [-0.4, -0.2) is 20.3 Å². The summed E-state index contributed by atoms with van der Waals surface area (Å²) in [6, 6.07) is 5.88. The molecular formula is C10H10FNO2. The summed E-state index contributed by atoms with van der Waals surface area (Å²) in [6.45, 7) is 0.651. The molecule has 4 heteroatoms. The number of benzene rings is 1. The molecule has 0 aliphatic carbocycles. The van der Waals surface area contributed by atoms with Gasteiger partial charge in [0, 0.05) is 13.2 Å². The molecule has 0 radical (unpaired) electrons. The van der Waals surface area contributed by atoms with Crippen molar-refractivity contribution in [1.82, 2.24) is 0 Å². The van der Waals surface area contributed by atoms with Crippen molar-refractivity contribution in [3.8, 4) is 11.8 Å². The van der Waals surface area contributed by atoms with Crippen LogP contribution in [0, 0.1) is 17.1 Å². The highest BCUT2D eigenvalue weighted by atomic mass is 19.1. The molecule has 0 unspecified atom stereocenters.